The lowest BCUT2D eigenvalue weighted by Crippen LogP contribution is -2.59. The largest absolute Gasteiger partial charge is 0.470 e. The molecule has 0 aromatic heterocycles. The van der Waals surface area contributed by atoms with Crippen molar-refractivity contribution in [2.45, 2.75) is 257 Å². The standard InChI is InChI=1S/C43H90NO4P/c1-7-10-12-14-16-18-20-22-24-26-28-30-32-34-36-38-40-42(44(4,5)6)43(9-3,48-49(45,46)47)41-39-37-35-33-31-29-27-25-23-21-19-17-15-13-11-8-2/h42H,7-41H2,1-6H3,(H-,45,46,47)/p+1. The van der Waals surface area contributed by atoms with Crippen molar-refractivity contribution in [1.82, 2.24) is 0 Å². The minimum absolute atomic E-state index is 0.0631. The fraction of sp³-hybridized carbons (Fsp3) is 1.00. The van der Waals surface area contributed by atoms with Crippen molar-refractivity contribution in [3.8, 4) is 0 Å². The lowest BCUT2D eigenvalue weighted by molar-refractivity contribution is -0.904. The second-order valence-corrected chi connectivity index (χ2v) is 17.9. The average molecular weight is 717 g/mol. The normalized spacial score (nSPS) is 14.4. The van der Waals surface area contributed by atoms with E-state index in [4.69, 9.17) is 4.52 Å². The zero-order chi connectivity index (χ0) is 36.5. The number of phosphoric ester groups is 1. The van der Waals surface area contributed by atoms with Crippen LogP contribution < -0.4 is 0 Å². The van der Waals surface area contributed by atoms with Crippen LogP contribution in [0, 0.1) is 0 Å². The van der Waals surface area contributed by atoms with E-state index in [1.54, 1.807) is 0 Å². The first-order chi connectivity index (χ1) is 23.5. The highest BCUT2D eigenvalue weighted by Gasteiger charge is 2.49. The van der Waals surface area contributed by atoms with Gasteiger partial charge in [0.15, 0.2) is 0 Å². The van der Waals surface area contributed by atoms with E-state index in [1.807, 2.05) is 0 Å². The number of hydrogen-bond acceptors (Lipinski definition) is 2. The third kappa shape index (κ3) is 30.3. The number of unbranched alkanes of at least 4 members (excludes halogenated alkanes) is 30. The molecule has 296 valence electrons. The van der Waals surface area contributed by atoms with Gasteiger partial charge in [-0.3, -0.25) is 4.52 Å². The Morgan fingerprint density at radius 2 is 0.735 bits per heavy atom. The summed E-state index contributed by atoms with van der Waals surface area (Å²) < 4.78 is 18.8. The number of hydrogen-bond donors (Lipinski definition) is 2. The highest BCUT2D eigenvalue weighted by atomic mass is 31.2. The molecule has 0 aliphatic carbocycles. The van der Waals surface area contributed by atoms with Gasteiger partial charge < -0.3 is 14.3 Å². The third-order valence-electron chi connectivity index (χ3n) is 11.2. The smallest absolute Gasteiger partial charge is 0.326 e. The lowest BCUT2D eigenvalue weighted by Gasteiger charge is -2.47. The highest BCUT2D eigenvalue weighted by molar-refractivity contribution is 7.46. The van der Waals surface area contributed by atoms with E-state index in [0.29, 0.717) is 10.9 Å². The van der Waals surface area contributed by atoms with Gasteiger partial charge in [0.05, 0.1) is 21.1 Å². The van der Waals surface area contributed by atoms with Crippen molar-refractivity contribution in [1.29, 1.82) is 0 Å². The van der Waals surface area contributed by atoms with Crippen molar-refractivity contribution >= 4 is 7.82 Å². The summed E-state index contributed by atoms with van der Waals surface area (Å²) in [5, 5.41) is 0. The first kappa shape index (κ1) is 49.1. The molecule has 49 heavy (non-hydrogen) atoms. The van der Waals surface area contributed by atoms with Crippen LogP contribution in [0.3, 0.4) is 0 Å². The van der Waals surface area contributed by atoms with Gasteiger partial charge in [-0.1, -0.05) is 220 Å². The van der Waals surface area contributed by atoms with Gasteiger partial charge in [0, 0.05) is 6.42 Å². The van der Waals surface area contributed by atoms with Crippen LogP contribution in [0.15, 0.2) is 0 Å². The Kier molecular flexibility index (Phi) is 32.7. The van der Waals surface area contributed by atoms with E-state index >= 15 is 0 Å². The second kappa shape index (κ2) is 32.7. The number of likely N-dealkylation sites (N-methyl/N-ethyl adjacent to an activating group) is 1. The van der Waals surface area contributed by atoms with Gasteiger partial charge in [0.25, 0.3) is 0 Å². The Bertz CT molecular complexity index is 736. The molecule has 0 amide bonds. The summed E-state index contributed by atoms with van der Waals surface area (Å²) in [6.45, 7) is 6.64. The van der Waals surface area contributed by atoms with Crippen LogP contribution in [-0.2, 0) is 9.09 Å². The van der Waals surface area contributed by atoms with Crippen molar-refractivity contribution in [2.24, 2.45) is 0 Å². The van der Waals surface area contributed by atoms with Crippen molar-refractivity contribution < 1.29 is 23.4 Å². The van der Waals surface area contributed by atoms with Gasteiger partial charge in [-0.2, -0.15) is 0 Å². The lowest BCUT2D eigenvalue weighted by atomic mass is 9.81. The summed E-state index contributed by atoms with van der Waals surface area (Å²) >= 11 is 0. The molecule has 2 unspecified atom stereocenters. The minimum atomic E-state index is -4.60. The van der Waals surface area contributed by atoms with E-state index in [2.05, 4.69) is 41.9 Å². The molecule has 0 radical (unpaired) electrons. The molecule has 0 aromatic rings. The van der Waals surface area contributed by atoms with Crippen LogP contribution in [0.1, 0.15) is 245 Å². The van der Waals surface area contributed by atoms with E-state index in [9.17, 15) is 14.4 Å². The van der Waals surface area contributed by atoms with Crippen LogP contribution in [0.4, 0.5) is 0 Å². The highest BCUT2D eigenvalue weighted by Crippen LogP contribution is 2.48. The molecule has 0 aliphatic rings. The maximum atomic E-state index is 12.3. The quantitative estimate of drug-likeness (QED) is 0.0377. The van der Waals surface area contributed by atoms with Crippen LogP contribution in [0.5, 0.6) is 0 Å². The predicted molar refractivity (Wildman–Crippen MR) is 216 cm³/mol. The zero-order valence-electron chi connectivity index (χ0n) is 34.4. The third-order valence-corrected chi connectivity index (χ3v) is 11.8. The Morgan fingerprint density at radius 3 is 0.980 bits per heavy atom. The predicted octanol–water partition coefficient (Wildman–Crippen LogP) is 14.6. The summed E-state index contributed by atoms with van der Waals surface area (Å²) in [6, 6.07) is 0.0631. The maximum absolute atomic E-state index is 12.3. The molecule has 6 heteroatoms. The zero-order valence-corrected chi connectivity index (χ0v) is 35.3. The SMILES string of the molecule is CCCCCCCCCCCCCCCCCCC(C(CC)(CCCCCCCCCCCCCCCCCC)OP(=O)(O)O)[N+](C)(C)C. The van der Waals surface area contributed by atoms with Crippen molar-refractivity contribution in [3.05, 3.63) is 0 Å². The molecule has 0 aromatic carbocycles. The molecule has 0 bridgehead atoms. The molecule has 0 fully saturated rings. The van der Waals surface area contributed by atoms with Gasteiger partial charge >= 0.3 is 7.82 Å². The summed E-state index contributed by atoms with van der Waals surface area (Å²) in [6.07, 6.45) is 45.2. The van der Waals surface area contributed by atoms with Crippen molar-refractivity contribution in [2.75, 3.05) is 21.1 Å². The van der Waals surface area contributed by atoms with E-state index < -0.39 is 13.4 Å². The molecule has 2 N–H and O–H groups in total. The summed E-state index contributed by atoms with van der Waals surface area (Å²) in [7, 11) is 1.93. The van der Waals surface area contributed by atoms with Gasteiger partial charge in [0.1, 0.15) is 11.6 Å². The average Bonchev–Trinajstić information content (AvgIpc) is 3.04. The fourth-order valence-corrected chi connectivity index (χ4v) is 9.02. The second-order valence-electron chi connectivity index (χ2n) is 16.8. The Morgan fingerprint density at radius 1 is 0.469 bits per heavy atom. The van der Waals surface area contributed by atoms with Crippen LogP contribution in [0.25, 0.3) is 0 Å². The molecular formula is C43H91NO4P+. The Hall–Kier alpha value is 0.0700. The molecule has 0 saturated carbocycles. The summed E-state index contributed by atoms with van der Waals surface area (Å²) in [5.41, 5.74) is -0.789. The van der Waals surface area contributed by atoms with Crippen molar-refractivity contribution in [3.63, 3.8) is 0 Å². The first-order valence-corrected chi connectivity index (χ1v) is 23.6. The topological polar surface area (TPSA) is 66.8 Å². The number of phosphoric acid groups is 1. The summed E-state index contributed by atoms with van der Waals surface area (Å²) in [4.78, 5) is 20.1. The maximum Gasteiger partial charge on any atom is 0.470 e. The van der Waals surface area contributed by atoms with Gasteiger partial charge in [-0.15, -0.1) is 0 Å². The molecule has 0 heterocycles. The summed E-state index contributed by atoms with van der Waals surface area (Å²) in [5.74, 6) is 0. The molecule has 0 saturated heterocycles. The number of quaternary nitrogens is 1. The minimum Gasteiger partial charge on any atom is -0.326 e. The van der Waals surface area contributed by atoms with Gasteiger partial charge in [-0.05, 0) is 19.3 Å². The van der Waals surface area contributed by atoms with E-state index in [0.717, 1.165) is 32.1 Å². The Balaban J connectivity index is 4.36. The van der Waals surface area contributed by atoms with E-state index in [1.165, 1.54) is 186 Å². The molecule has 2 atom stereocenters. The number of rotatable bonds is 39. The van der Waals surface area contributed by atoms with Crippen LogP contribution >= 0.6 is 7.82 Å². The molecule has 0 aliphatic heterocycles. The Labute approximate surface area is 308 Å². The van der Waals surface area contributed by atoms with Crippen LogP contribution in [0.2, 0.25) is 0 Å². The van der Waals surface area contributed by atoms with Gasteiger partial charge in [-0.25, -0.2) is 4.57 Å². The molecule has 5 nitrogen and oxygen atoms in total. The van der Waals surface area contributed by atoms with E-state index in [-0.39, 0.29) is 6.04 Å². The molecular weight excluding hydrogens is 625 g/mol. The molecule has 0 rings (SSSR count). The monoisotopic (exact) mass is 717 g/mol. The fourth-order valence-electron chi connectivity index (χ4n) is 8.20. The molecule has 0 spiro atoms. The number of nitrogens with zero attached hydrogens (tertiary/aromatic N) is 1. The van der Waals surface area contributed by atoms with Gasteiger partial charge in [0.2, 0.25) is 0 Å². The first-order valence-electron chi connectivity index (χ1n) is 22.1. The van der Waals surface area contributed by atoms with Crippen LogP contribution in [-0.4, -0.2) is 47.1 Å².